The number of hydrogen-bond donors (Lipinski definition) is 0. The molecule has 1 saturated carbocycles. The predicted molar refractivity (Wildman–Crippen MR) is 92.9 cm³/mol. The van der Waals surface area contributed by atoms with E-state index in [1.165, 1.54) is 62.6 Å². The van der Waals surface area contributed by atoms with Crippen LogP contribution in [0.1, 0.15) is 68.5 Å². The normalized spacial score (nSPS) is 18.4. The number of aromatic nitrogens is 1. The minimum atomic E-state index is 0.451. The van der Waals surface area contributed by atoms with Gasteiger partial charge in [-0.1, -0.05) is 81.3 Å². The molecule has 116 valence electrons. The summed E-state index contributed by atoms with van der Waals surface area (Å²) in [6, 6.07) is 17.3. The van der Waals surface area contributed by atoms with E-state index < -0.39 is 0 Å². The van der Waals surface area contributed by atoms with Crippen LogP contribution in [0.2, 0.25) is 0 Å². The number of hydrogen-bond acceptors (Lipinski definition) is 1. The number of nitrogens with zero attached hydrogens (tertiary/aromatic N) is 1. The first kappa shape index (κ1) is 15.3. The Bertz CT molecular complexity index is 487. The number of benzene rings is 1. The van der Waals surface area contributed by atoms with Gasteiger partial charge >= 0.3 is 0 Å². The van der Waals surface area contributed by atoms with Gasteiger partial charge in [-0.2, -0.15) is 0 Å². The van der Waals surface area contributed by atoms with Gasteiger partial charge < -0.3 is 0 Å². The average molecular weight is 293 g/mol. The van der Waals surface area contributed by atoms with E-state index in [4.69, 9.17) is 0 Å². The summed E-state index contributed by atoms with van der Waals surface area (Å²) in [5, 5.41) is 0. The summed E-state index contributed by atoms with van der Waals surface area (Å²) in [6.45, 7) is 0. The van der Waals surface area contributed by atoms with Crippen LogP contribution in [0.5, 0.6) is 0 Å². The minimum Gasteiger partial charge on any atom is -0.261 e. The van der Waals surface area contributed by atoms with Crippen LogP contribution in [0.15, 0.2) is 54.7 Å². The second-order valence-electron chi connectivity index (χ2n) is 6.66. The Hall–Kier alpha value is -1.63. The summed E-state index contributed by atoms with van der Waals surface area (Å²) in [6.07, 6.45) is 13.1. The quantitative estimate of drug-likeness (QED) is 0.677. The molecule has 1 atom stereocenters. The third kappa shape index (κ3) is 4.19. The molecule has 0 bridgehead atoms. The standard InChI is InChI=1S/C21H27N/c1-2-5-11-18(12-6-3-1)17-20(19-13-7-4-8-14-19)21-15-9-10-16-22-21/h4,7-10,13-16,18,20H,1-3,5-6,11-12,17H2. The topological polar surface area (TPSA) is 12.9 Å². The lowest BCUT2D eigenvalue weighted by Crippen LogP contribution is -2.12. The molecular weight excluding hydrogens is 266 g/mol. The molecule has 1 heterocycles. The maximum atomic E-state index is 4.66. The monoisotopic (exact) mass is 293 g/mol. The van der Waals surface area contributed by atoms with E-state index in [0.29, 0.717) is 5.92 Å². The predicted octanol–water partition coefficient (Wildman–Crippen LogP) is 5.96. The van der Waals surface area contributed by atoms with Gasteiger partial charge in [0.2, 0.25) is 0 Å². The van der Waals surface area contributed by atoms with E-state index in [1.54, 1.807) is 0 Å². The van der Waals surface area contributed by atoms with Gasteiger partial charge in [0.25, 0.3) is 0 Å². The highest BCUT2D eigenvalue weighted by atomic mass is 14.7. The van der Waals surface area contributed by atoms with Crippen molar-refractivity contribution in [2.45, 2.75) is 57.3 Å². The molecule has 1 heteroatoms. The van der Waals surface area contributed by atoms with Crippen molar-refractivity contribution in [2.75, 3.05) is 0 Å². The molecule has 1 nitrogen and oxygen atoms in total. The lowest BCUT2D eigenvalue weighted by Gasteiger charge is -2.25. The van der Waals surface area contributed by atoms with Crippen LogP contribution in [-0.2, 0) is 0 Å². The Balaban J connectivity index is 1.79. The van der Waals surface area contributed by atoms with E-state index >= 15 is 0 Å². The van der Waals surface area contributed by atoms with Crippen molar-refractivity contribution < 1.29 is 0 Å². The fourth-order valence-electron chi connectivity index (χ4n) is 3.80. The average Bonchev–Trinajstić information content (AvgIpc) is 2.56. The van der Waals surface area contributed by atoms with Gasteiger partial charge in [0, 0.05) is 17.8 Å². The molecule has 22 heavy (non-hydrogen) atoms. The first-order valence-electron chi connectivity index (χ1n) is 8.89. The fraction of sp³-hybridized carbons (Fsp3) is 0.476. The zero-order chi connectivity index (χ0) is 15.0. The van der Waals surface area contributed by atoms with E-state index in [1.807, 2.05) is 12.3 Å². The van der Waals surface area contributed by atoms with Crippen molar-refractivity contribution in [1.29, 1.82) is 0 Å². The summed E-state index contributed by atoms with van der Waals surface area (Å²) in [4.78, 5) is 4.66. The Kier molecular flexibility index (Phi) is 5.64. The van der Waals surface area contributed by atoms with Crippen LogP contribution in [-0.4, -0.2) is 4.98 Å². The number of pyridine rings is 1. The molecule has 1 aliphatic carbocycles. The Morgan fingerprint density at radius 2 is 1.50 bits per heavy atom. The van der Waals surface area contributed by atoms with Crippen molar-refractivity contribution in [3.8, 4) is 0 Å². The van der Waals surface area contributed by atoms with E-state index in [-0.39, 0.29) is 0 Å². The van der Waals surface area contributed by atoms with Crippen LogP contribution in [0, 0.1) is 5.92 Å². The molecule has 0 amide bonds. The maximum Gasteiger partial charge on any atom is 0.0478 e. The van der Waals surface area contributed by atoms with Gasteiger partial charge in [-0.15, -0.1) is 0 Å². The van der Waals surface area contributed by atoms with Crippen molar-refractivity contribution in [1.82, 2.24) is 4.98 Å². The Morgan fingerprint density at radius 3 is 2.18 bits per heavy atom. The molecule has 0 N–H and O–H groups in total. The highest BCUT2D eigenvalue weighted by molar-refractivity contribution is 5.28. The molecule has 3 rings (SSSR count). The van der Waals surface area contributed by atoms with Crippen LogP contribution in [0.4, 0.5) is 0 Å². The molecule has 1 fully saturated rings. The third-order valence-electron chi connectivity index (χ3n) is 5.04. The lowest BCUT2D eigenvalue weighted by atomic mass is 9.80. The highest BCUT2D eigenvalue weighted by Crippen LogP contribution is 2.35. The first-order chi connectivity index (χ1) is 10.9. The molecule has 0 radical (unpaired) electrons. The zero-order valence-corrected chi connectivity index (χ0v) is 13.5. The van der Waals surface area contributed by atoms with E-state index in [0.717, 1.165) is 5.92 Å². The first-order valence-corrected chi connectivity index (χ1v) is 8.89. The van der Waals surface area contributed by atoms with Crippen molar-refractivity contribution in [3.63, 3.8) is 0 Å². The van der Waals surface area contributed by atoms with Crippen LogP contribution in [0.25, 0.3) is 0 Å². The van der Waals surface area contributed by atoms with Gasteiger partial charge in [0.15, 0.2) is 0 Å². The molecule has 2 aromatic rings. The van der Waals surface area contributed by atoms with Crippen LogP contribution >= 0.6 is 0 Å². The summed E-state index contributed by atoms with van der Waals surface area (Å²) < 4.78 is 0. The third-order valence-corrected chi connectivity index (χ3v) is 5.04. The van der Waals surface area contributed by atoms with Gasteiger partial charge in [-0.05, 0) is 30.0 Å². The lowest BCUT2D eigenvalue weighted by molar-refractivity contribution is 0.345. The SMILES string of the molecule is c1ccc(C(CC2CCCCCCC2)c2ccccn2)cc1. The molecule has 1 aliphatic rings. The van der Waals surface area contributed by atoms with Gasteiger partial charge in [0.05, 0.1) is 0 Å². The number of rotatable bonds is 4. The van der Waals surface area contributed by atoms with E-state index in [2.05, 4.69) is 47.4 Å². The molecule has 1 aromatic heterocycles. The molecule has 0 spiro atoms. The Labute approximate surface area is 134 Å². The summed E-state index contributed by atoms with van der Waals surface area (Å²) >= 11 is 0. The van der Waals surface area contributed by atoms with Gasteiger partial charge in [0.1, 0.15) is 0 Å². The van der Waals surface area contributed by atoms with Crippen molar-refractivity contribution in [2.24, 2.45) is 5.92 Å². The zero-order valence-electron chi connectivity index (χ0n) is 13.5. The second kappa shape index (κ2) is 8.12. The molecule has 0 saturated heterocycles. The molecule has 0 aliphatic heterocycles. The second-order valence-corrected chi connectivity index (χ2v) is 6.66. The van der Waals surface area contributed by atoms with Gasteiger partial charge in [-0.3, -0.25) is 4.98 Å². The van der Waals surface area contributed by atoms with Crippen molar-refractivity contribution >= 4 is 0 Å². The summed E-state index contributed by atoms with van der Waals surface area (Å²) in [5.41, 5.74) is 2.65. The Morgan fingerprint density at radius 1 is 0.818 bits per heavy atom. The smallest absolute Gasteiger partial charge is 0.0478 e. The molecular formula is C21H27N. The van der Waals surface area contributed by atoms with Crippen LogP contribution in [0.3, 0.4) is 0 Å². The minimum absolute atomic E-state index is 0.451. The fourth-order valence-corrected chi connectivity index (χ4v) is 3.80. The largest absolute Gasteiger partial charge is 0.261 e. The molecule has 1 aromatic carbocycles. The molecule has 1 unspecified atom stereocenters. The highest BCUT2D eigenvalue weighted by Gasteiger charge is 2.21. The van der Waals surface area contributed by atoms with Crippen molar-refractivity contribution in [3.05, 3.63) is 66.0 Å². The van der Waals surface area contributed by atoms with Crippen LogP contribution < -0.4 is 0 Å². The summed E-state index contributed by atoms with van der Waals surface area (Å²) in [7, 11) is 0. The van der Waals surface area contributed by atoms with Gasteiger partial charge in [-0.25, -0.2) is 0 Å². The summed E-state index contributed by atoms with van der Waals surface area (Å²) in [5.74, 6) is 1.30. The van der Waals surface area contributed by atoms with E-state index in [9.17, 15) is 0 Å². The maximum absolute atomic E-state index is 4.66.